The number of carboxylic acids is 1. The third-order valence-electron chi connectivity index (χ3n) is 1.64. The molecular weight excluding hydrogens is 156 g/mol. The van der Waals surface area contributed by atoms with Gasteiger partial charge in [-0.3, -0.25) is 4.79 Å². The fourth-order valence-electron chi connectivity index (χ4n) is 1.19. The van der Waals surface area contributed by atoms with E-state index in [1.165, 1.54) is 6.92 Å². The van der Waals surface area contributed by atoms with Crippen molar-refractivity contribution in [2.45, 2.75) is 33.6 Å². The Morgan fingerprint density at radius 1 is 1.33 bits per heavy atom. The molecule has 0 fully saturated rings. The van der Waals surface area contributed by atoms with Crippen molar-refractivity contribution in [2.75, 3.05) is 0 Å². The smallest absolute Gasteiger partial charge is 0.306 e. The number of hydrogen-bond donors (Lipinski definition) is 1. The van der Waals surface area contributed by atoms with Gasteiger partial charge in [0.05, 0.1) is 5.92 Å². The molecule has 0 saturated carbocycles. The van der Waals surface area contributed by atoms with E-state index in [1.54, 1.807) is 0 Å². The lowest BCUT2D eigenvalue weighted by Crippen LogP contribution is -2.18. The van der Waals surface area contributed by atoms with Gasteiger partial charge in [-0.05, 0) is 19.3 Å². The number of hydrogen-bond acceptors (Lipinski definition) is 2. The summed E-state index contributed by atoms with van der Waals surface area (Å²) in [4.78, 5) is 21.3. The molecule has 0 aromatic heterocycles. The monoisotopic (exact) mass is 172 g/mol. The van der Waals surface area contributed by atoms with Crippen molar-refractivity contribution in [1.82, 2.24) is 0 Å². The minimum atomic E-state index is -0.862. The van der Waals surface area contributed by atoms with Gasteiger partial charge in [0.15, 0.2) is 0 Å². The SMILES string of the molecule is CC(=O)C[C@@H](CC(C)C)C(=O)O. The maximum Gasteiger partial charge on any atom is 0.306 e. The highest BCUT2D eigenvalue weighted by atomic mass is 16.4. The van der Waals surface area contributed by atoms with Gasteiger partial charge in [-0.2, -0.15) is 0 Å². The van der Waals surface area contributed by atoms with Crippen LogP contribution in [0.15, 0.2) is 0 Å². The van der Waals surface area contributed by atoms with E-state index < -0.39 is 11.9 Å². The van der Waals surface area contributed by atoms with Crippen LogP contribution in [0.25, 0.3) is 0 Å². The summed E-state index contributed by atoms with van der Waals surface area (Å²) in [5.74, 6) is -1.09. The first-order valence-corrected chi connectivity index (χ1v) is 4.15. The molecule has 0 aromatic rings. The van der Waals surface area contributed by atoms with Crippen molar-refractivity contribution < 1.29 is 14.7 Å². The molecular formula is C9H16O3. The van der Waals surface area contributed by atoms with E-state index in [2.05, 4.69) is 0 Å². The lowest BCUT2D eigenvalue weighted by molar-refractivity contribution is -0.144. The Morgan fingerprint density at radius 3 is 2.08 bits per heavy atom. The highest BCUT2D eigenvalue weighted by Gasteiger charge is 2.20. The fraction of sp³-hybridized carbons (Fsp3) is 0.778. The molecule has 0 radical (unpaired) electrons. The molecule has 3 nitrogen and oxygen atoms in total. The molecule has 0 amide bonds. The summed E-state index contributed by atoms with van der Waals surface area (Å²) < 4.78 is 0. The maximum absolute atomic E-state index is 10.7. The number of Topliss-reactive ketones (excluding diaryl/α,β-unsaturated/α-hetero) is 1. The number of aliphatic carboxylic acids is 1. The van der Waals surface area contributed by atoms with Crippen LogP contribution < -0.4 is 0 Å². The second kappa shape index (κ2) is 4.91. The average molecular weight is 172 g/mol. The summed E-state index contributed by atoms with van der Waals surface area (Å²) in [6, 6.07) is 0. The van der Waals surface area contributed by atoms with Crippen molar-refractivity contribution in [2.24, 2.45) is 11.8 Å². The van der Waals surface area contributed by atoms with Crippen molar-refractivity contribution in [1.29, 1.82) is 0 Å². The molecule has 3 heteroatoms. The predicted molar refractivity (Wildman–Crippen MR) is 45.9 cm³/mol. The Morgan fingerprint density at radius 2 is 1.83 bits per heavy atom. The number of rotatable bonds is 5. The molecule has 0 rings (SSSR count). The molecule has 0 bridgehead atoms. The van der Waals surface area contributed by atoms with E-state index in [0.29, 0.717) is 12.3 Å². The van der Waals surface area contributed by atoms with Gasteiger partial charge < -0.3 is 9.90 Å². The van der Waals surface area contributed by atoms with Crippen LogP contribution in [0.5, 0.6) is 0 Å². The van der Waals surface area contributed by atoms with E-state index in [0.717, 1.165) is 0 Å². The second-order valence-corrected chi connectivity index (χ2v) is 3.57. The normalized spacial score (nSPS) is 13.0. The average Bonchev–Trinajstić information content (AvgIpc) is 1.83. The molecule has 0 aliphatic rings. The molecule has 0 aliphatic carbocycles. The zero-order valence-electron chi connectivity index (χ0n) is 7.83. The summed E-state index contributed by atoms with van der Waals surface area (Å²) in [7, 11) is 0. The Kier molecular flexibility index (Phi) is 4.55. The summed E-state index contributed by atoms with van der Waals surface area (Å²) in [6.45, 7) is 5.34. The lowest BCUT2D eigenvalue weighted by Gasteiger charge is -2.12. The van der Waals surface area contributed by atoms with Crippen LogP contribution >= 0.6 is 0 Å². The number of carbonyl (C=O) groups excluding carboxylic acids is 1. The van der Waals surface area contributed by atoms with Gasteiger partial charge in [-0.25, -0.2) is 0 Å². The molecule has 0 aliphatic heterocycles. The molecule has 12 heavy (non-hydrogen) atoms. The van der Waals surface area contributed by atoms with Crippen LogP contribution in [0, 0.1) is 11.8 Å². The van der Waals surface area contributed by atoms with Gasteiger partial charge in [0, 0.05) is 6.42 Å². The summed E-state index contributed by atoms with van der Waals surface area (Å²) in [5.41, 5.74) is 0. The first-order chi connectivity index (χ1) is 5.43. The largest absolute Gasteiger partial charge is 0.481 e. The quantitative estimate of drug-likeness (QED) is 0.686. The maximum atomic E-state index is 10.7. The fourth-order valence-corrected chi connectivity index (χ4v) is 1.19. The summed E-state index contributed by atoms with van der Waals surface area (Å²) in [5, 5.41) is 8.72. The number of carbonyl (C=O) groups is 2. The van der Waals surface area contributed by atoms with Crippen LogP contribution in [0.3, 0.4) is 0 Å². The molecule has 1 N–H and O–H groups in total. The van der Waals surface area contributed by atoms with Gasteiger partial charge in [-0.1, -0.05) is 13.8 Å². The standard InChI is InChI=1S/C9H16O3/c1-6(2)4-8(9(11)12)5-7(3)10/h6,8H,4-5H2,1-3H3,(H,11,12)/t8-/m1/s1. The van der Waals surface area contributed by atoms with E-state index in [-0.39, 0.29) is 12.2 Å². The number of ketones is 1. The topological polar surface area (TPSA) is 54.4 Å². The van der Waals surface area contributed by atoms with Gasteiger partial charge >= 0.3 is 5.97 Å². The van der Waals surface area contributed by atoms with Crippen LogP contribution in [0.1, 0.15) is 33.6 Å². The molecule has 1 atom stereocenters. The van der Waals surface area contributed by atoms with Crippen LogP contribution in [0.4, 0.5) is 0 Å². The van der Waals surface area contributed by atoms with Crippen LogP contribution in [0.2, 0.25) is 0 Å². The zero-order chi connectivity index (χ0) is 9.72. The molecule has 0 aromatic carbocycles. The lowest BCUT2D eigenvalue weighted by atomic mass is 9.93. The first kappa shape index (κ1) is 11.1. The minimum Gasteiger partial charge on any atom is -0.481 e. The molecule has 70 valence electrons. The Balaban J connectivity index is 4.04. The van der Waals surface area contributed by atoms with E-state index in [1.807, 2.05) is 13.8 Å². The van der Waals surface area contributed by atoms with Crippen molar-refractivity contribution in [3.8, 4) is 0 Å². The predicted octanol–water partition coefficient (Wildman–Crippen LogP) is 1.71. The molecule has 0 heterocycles. The van der Waals surface area contributed by atoms with Crippen molar-refractivity contribution in [3.05, 3.63) is 0 Å². The Hall–Kier alpha value is -0.860. The Labute approximate surface area is 72.8 Å². The van der Waals surface area contributed by atoms with Crippen LogP contribution in [-0.2, 0) is 9.59 Å². The zero-order valence-corrected chi connectivity index (χ0v) is 7.83. The van der Waals surface area contributed by atoms with Gasteiger partial charge in [-0.15, -0.1) is 0 Å². The van der Waals surface area contributed by atoms with Gasteiger partial charge in [0.25, 0.3) is 0 Å². The van der Waals surface area contributed by atoms with Crippen molar-refractivity contribution >= 4 is 11.8 Å². The second-order valence-electron chi connectivity index (χ2n) is 3.57. The third-order valence-corrected chi connectivity index (χ3v) is 1.64. The molecule has 0 unspecified atom stereocenters. The third kappa shape index (κ3) is 4.88. The molecule has 0 saturated heterocycles. The summed E-state index contributed by atoms with van der Waals surface area (Å²) >= 11 is 0. The van der Waals surface area contributed by atoms with E-state index in [4.69, 9.17) is 5.11 Å². The van der Waals surface area contributed by atoms with Crippen LogP contribution in [-0.4, -0.2) is 16.9 Å². The minimum absolute atomic E-state index is 0.0527. The number of carboxylic acid groups (broad SMARTS) is 1. The van der Waals surface area contributed by atoms with E-state index >= 15 is 0 Å². The van der Waals surface area contributed by atoms with Gasteiger partial charge in [0.2, 0.25) is 0 Å². The summed E-state index contributed by atoms with van der Waals surface area (Å²) in [6.07, 6.45) is 0.739. The van der Waals surface area contributed by atoms with Crippen molar-refractivity contribution in [3.63, 3.8) is 0 Å². The molecule has 0 spiro atoms. The Bertz CT molecular complexity index is 173. The highest BCUT2D eigenvalue weighted by Crippen LogP contribution is 2.15. The first-order valence-electron chi connectivity index (χ1n) is 4.15. The van der Waals surface area contributed by atoms with Gasteiger partial charge in [0.1, 0.15) is 5.78 Å². The highest BCUT2D eigenvalue weighted by molar-refractivity contribution is 5.81. The van der Waals surface area contributed by atoms with E-state index in [9.17, 15) is 9.59 Å².